The van der Waals surface area contributed by atoms with Crippen LogP contribution in [0.3, 0.4) is 0 Å². The Morgan fingerprint density at radius 1 is 1.14 bits per heavy atom. The molecular weight excluding hydrogens is 384 g/mol. The van der Waals surface area contributed by atoms with Crippen LogP contribution in [0.4, 0.5) is 0 Å². The predicted octanol–water partition coefficient (Wildman–Crippen LogP) is 4.73. The first-order valence-electron chi connectivity index (χ1n) is 9.72. The monoisotopic (exact) mass is 408 g/mol. The molecule has 1 fully saturated rings. The molecule has 0 saturated carbocycles. The van der Waals surface area contributed by atoms with Gasteiger partial charge in [0.15, 0.2) is 0 Å². The zero-order valence-electron chi connectivity index (χ0n) is 16.6. The smallest absolute Gasteiger partial charge is 0.246 e. The zero-order chi connectivity index (χ0) is 20.2. The Labute approximate surface area is 174 Å². The highest BCUT2D eigenvalue weighted by Gasteiger charge is 2.25. The summed E-state index contributed by atoms with van der Waals surface area (Å²) in [5.74, 6) is 1.87. The summed E-state index contributed by atoms with van der Waals surface area (Å²) in [5, 5.41) is 1.19. The van der Waals surface area contributed by atoms with Gasteiger partial charge in [0.05, 0.1) is 29.4 Å². The Kier molecular flexibility index (Phi) is 5.81. The number of thiazole rings is 1. The molecule has 0 aliphatic carbocycles. The molecule has 1 aliphatic rings. The Bertz CT molecular complexity index is 1000. The molecule has 0 bridgehead atoms. The Morgan fingerprint density at radius 3 is 2.66 bits per heavy atom. The van der Waals surface area contributed by atoms with Crippen molar-refractivity contribution >= 4 is 33.5 Å². The van der Waals surface area contributed by atoms with Gasteiger partial charge in [-0.1, -0.05) is 12.1 Å². The number of hydrogen-bond donors (Lipinski definition) is 0. The number of ether oxygens (including phenoxy) is 2. The molecule has 3 aromatic rings. The fourth-order valence-electron chi connectivity index (χ4n) is 3.63. The van der Waals surface area contributed by atoms with Crippen LogP contribution < -0.4 is 9.47 Å². The van der Waals surface area contributed by atoms with Crippen LogP contribution in [0.15, 0.2) is 48.5 Å². The van der Waals surface area contributed by atoms with Gasteiger partial charge in [-0.15, -0.1) is 11.3 Å². The van der Waals surface area contributed by atoms with Crippen molar-refractivity contribution in [2.45, 2.75) is 18.8 Å². The minimum absolute atomic E-state index is 0.0330. The summed E-state index contributed by atoms with van der Waals surface area (Å²) >= 11 is 1.78. The van der Waals surface area contributed by atoms with Crippen LogP contribution in [0.5, 0.6) is 11.5 Å². The van der Waals surface area contributed by atoms with Crippen molar-refractivity contribution in [2.75, 3.05) is 27.3 Å². The van der Waals surface area contributed by atoms with E-state index in [-0.39, 0.29) is 5.91 Å². The number of rotatable bonds is 5. The number of benzene rings is 2. The molecule has 29 heavy (non-hydrogen) atoms. The van der Waals surface area contributed by atoms with E-state index in [4.69, 9.17) is 14.5 Å². The highest BCUT2D eigenvalue weighted by molar-refractivity contribution is 7.18. The third-order valence-electron chi connectivity index (χ3n) is 5.31. The largest absolute Gasteiger partial charge is 0.497 e. The summed E-state index contributed by atoms with van der Waals surface area (Å²) in [6.07, 6.45) is 5.33. The van der Waals surface area contributed by atoms with E-state index in [0.717, 1.165) is 42.8 Å². The van der Waals surface area contributed by atoms with Crippen molar-refractivity contribution in [3.63, 3.8) is 0 Å². The summed E-state index contributed by atoms with van der Waals surface area (Å²) < 4.78 is 11.8. The van der Waals surface area contributed by atoms with Crippen LogP contribution in [0, 0.1) is 0 Å². The first-order valence-corrected chi connectivity index (χ1v) is 10.5. The van der Waals surface area contributed by atoms with Crippen LogP contribution in [-0.2, 0) is 4.79 Å². The molecule has 1 saturated heterocycles. The van der Waals surface area contributed by atoms with E-state index in [9.17, 15) is 4.79 Å². The highest BCUT2D eigenvalue weighted by atomic mass is 32.1. The maximum atomic E-state index is 12.6. The summed E-state index contributed by atoms with van der Waals surface area (Å²) in [7, 11) is 3.23. The average molecular weight is 409 g/mol. The lowest BCUT2D eigenvalue weighted by molar-refractivity contribution is -0.126. The topological polar surface area (TPSA) is 51.7 Å². The van der Waals surface area contributed by atoms with Crippen molar-refractivity contribution in [3.05, 3.63) is 59.1 Å². The van der Waals surface area contributed by atoms with Gasteiger partial charge in [-0.3, -0.25) is 4.79 Å². The SMILES string of the molecule is COc1ccc(C=CC(=O)N2CCC(c3nc4ccccc4s3)CC2)c(OC)c1. The lowest BCUT2D eigenvalue weighted by Gasteiger charge is -2.30. The van der Waals surface area contributed by atoms with Crippen LogP contribution in [0.25, 0.3) is 16.3 Å². The number of likely N-dealkylation sites (tertiary alicyclic amines) is 1. The van der Waals surface area contributed by atoms with Crippen molar-refractivity contribution in [1.29, 1.82) is 0 Å². The van der Waals surface area contributed by atoms with Gasteiger partial charge < -0.3 is 14.4 Å². The maximum absolute atomic E-state index is 12.6. The molecule has 5 nitrogen and oxygen atoms in total. The molecule has 1 aromatic heterocycles. The number of methoxy groups -OCH3 is 2. The molecule has 0 radical (unpaired) electrons. The number of carbonyl (C=O) groups is 1. The molecule has 2 heterocycles. The van der Waals surface area contributed by atoms with Gasteiger partial charge in [-0.05, 0) is 43.2 Å². The highest BCUT2D eigenvalue weighted by Crippen LogP contribution is 2.34. The first kappa shape index (κ1) is 19.5. The molecule has 1 amide bonds. The van der Waals surface area contributed by atoms with Crippen LogP contribution in [0.1, 0.15) is 29.3 Å². The second kappa shape index (κ2) is 8.66. The number of nitrogens with zero attached hydrogens (tertiary/aromatic N) is 2. The number of amides is 1. The van der Waals surface area contributed by atoms with Gasteiger partial charge in [0.2, 0.25) is 5.91 Å². The molecule has 2 aromatic carbocycles. The zero-order valence-corrected chi connectivity index (χ0v) is 17.4. The molecule has 0 spiro atoms. The molecule has 0 atom stereocenters. The number of piperidine rings is 1. The van der Waals surface area contributed by atoms with Gasteiger partial charge in [0, 0.05) is 36.7 Å². The molecule has 6 heteroatoms. The Hall–Kier alpha value is -2.86. The van der Waals surface area contributed by atoms with Crippen molar-refractivity contribution in [3.8, 4) is 11.5 Å². The van der Waals surface area contributed by atoms with Crippen LogP contribution in [0.2, 0.25) is 0 Å². The van der Waals surface area contributed by atoms with E-state index in [1.807, 2.05) is 29.2 Å². The predicted molar refractivity (Wildman–Crippen MR) is 117 cm³/mol. The molecular formula is C23H24N2O3S. The van der Waals surface area contributed by atoms with E-state index >= 15 is 0 Å². The number of carbonyl (C=O) groups excluding carboxylic acids is 1. The van der Waals surface area contributed by atoms with E-state index in [1.165, 1.54) is 9.71 Å². The standard InChI is InChI=1S/C23H24N2O3S/c1-27-18-9-7-16(20(15-18)28-2)8-10-22(26)25-13-11-17(12-14-25)23-24-19-5-3-4-6-21(19)29-23/h3-10,15,17H,11-14H2,1-2H3. The maximum Gasteiger partial charge on any atom is 0.246 e. The fraction of sp³-hybridized carbons (Fsp3) is 0.304. The van der Waals surface area contributed by atoms with E-state index in [1.54, 1.807) is 37.7 Å². The molecule has 150 valence electrons. The fourth-order valence-corrected chi connectivity index (χ4v) is 4.77. The Balaban J connectivity index is 1.38. The van der Waals surface area contributed by atoms with Gasteiger partial charge >= 0.3 is 0 Å². The number of fused-ring (bicyclic) bond motifs is 1. The number of aromatic nitrogens is 1. The number of hydrogen-bond acceptors (Lipinski definition) is 5. The van der Waals surface area contributed by atoms with E-state index < -0.39 is 0 Å². The van der Waals surface area contributed by atoms with Crippen molar-refractivity contribution in [1.82, 2.24) is 9.88 Å². The third-order valence-corrected chi connectivity index (χ3v) is 6.51. The average Bonchev–Trinajstić information content (AvgIpc) is 3.21. The molecule has 1 aliphatic heterocycles. The van der Waals surface area contributed by atoms with E-state index in [0.29, 0.717) is 11.7 Å². The summed E-state index contributed by atoms with van der Waals surface area (Å²) in [5.41, 5.74) is 1.92. The number of para-hydroxylation sites is 1. The Morgan fingerprint density at radius 2 is 1.93 bits per heavy atom. The normalized spacial score (nSPS) is 15.2. The van der Waals surface area contributed by atoms with Gasteiger partial charge in [0.25, 0.3) is 0 Å². The van der Waals surface area contributed by atoms with E-state index in [2.05, 4.69) is 18.2 Å². The third kappa shape index (κ3) is 4.27. The lowest BCUT2D eigenvalue weighted by atomic mass is 9.97. The minimum Gasteiger partial charge on any atom is -0.497 e. The lowest BCUT2D eigenvalue weighted by Crippen LogP contribution is -2.36. The molecule has 0 N–H and O–H groups in total. The van der Waals surface area contributed by atoms with Gasteiger partial charge in [-0.2, -0.15) is 0 Å². The summed E-state index contributed by atoms with van der Waals surface area (Å²) in [6.45, 7) is 1.51. The molecule has 4 rings (SSSR count). The molecule has 0 unspecified atom stereocenters. The summed E-state index contributed by atoms with van der Waals surface area (Å²) in [6, 6.07) is 13.8. The quantitative estimate of drug-likeness (QED) is 0.573. The van der Waals surface area contributed by atoms with Crippen LogP contribution in [-0.4, -0.2) is 43.1 Å². The second-order valence-corrected chi connectivity index (χ2v) is 8.12. The van der Waals surface area contributed by atoms with Crippen LogP contribution >= 0.6 is 11.3 Å². The van der Waals surface area contributed by atoms with Gasteiger partial charge in [0.1, 0.15) is 11.5 Å². The minimum atomic E-state index is 0.0330. The second-order valence-electron chi connectivity index (χ2n) is 7.06. The van der Waals surface area contributed by atoms with Gasteiger partial charge in [-0.25, -0.2) is 4.98 Å². The summed E-state index contributed by atoms with van der Waals surface area (Å²) in [4.78, 5) is 19.3. The van der Waals surface area contributed by atoms with Crippen molar-refractivity contribution < 1.29 is 14.3 Å². The van der Waals surface area contributed by atoms with Crippen molar-refractivity contribution in [2.24, 2.45) is 0 Å². The first-order chi connectivity index (χ1) is 14.2.